The van der Waals surface area contributed by atoms with Crippen molar-refractivity contribution in [3.63, 3.8) is 0 Å². The molecule has 0 amide bonds. The lowest BCUT2D eigenvalue weighted by atomic mass is 9.76. The van der Waals surface area contributed by atoms with Crippen molar-refractivity contribution in [3.8, 4) is 0 Å². The second kappa shape index (κ2) is 6.37. The van der Waals surface area contributed by atoms with Crippen molar-refractivity contribution < 1.29 is 9.90 Å². The number of carbonyl (C=O) groups is 1. The maximum absolute atomic E-state index is 11.6. The highest BCUT2D eigenvalue weighted by Crippen LogP contribution is 2.38. The minimum absolute atomic E-state index is 0.333. The van der Waals surface area contributed by atoms with E-state index in [2.05, 4.69) is 4.90 Å². The van der Waals surface area contributed by atoms with Gasteiger partial charge >= 0.3 is 5.97 Å². The Bertz CT molecular complexity index is 502. The normalized spacial score (nSPS) is 29.9. The molecule has 114 valence electrons. The summed E-state index contributed by atoms with van der Waals surface area (Å²) in [5.74, 6) is 0.00892. The van der Waals surface area contributed by atoms with Crippen molar-refractivity contribution in [2.45, 2.75) is 57.2 Å². The van der Waals surface area contributed by atoms with E-state index in [1.54, 1.807) is 0 Å². The highest BCUT2D eigenvalue weighted by molar-refractivity contribution is 6.30. The van der Waals surface area contributed by atoms with Crippen LogP contribution in [0.3, 0.4) is 0 Å². The second-order valence-corrected chi connectivity index (χ2v) is 6.78. The van der Waals surface area contributed by atoms with Crippen LogP contribution in [0.4, 0.5) is 0 Å². The van der Waals surface area contributed by atoms with Crippen LogP contribution in [-0.2, 0) is 11.3 Å². The molecule has 2 fully saturated rings. The molecule has 3 rings (SSSR count). The molecule has 0 bridgehead atoms. The van der Waals surface area contributed by atoms with Gasteiger partial charge < -0.3 is 5.11 Å². The number of hydrogen-bond donors (Lipinski definition) is 1. The molecule has 0 aromatic heterocycles. The van der Waals surface area contributed by atoms with Gasteiger partial charge in [0.15, 0.2) is 0 Å². The fraction of sp³-hybridized carbons (Fsp3) is 0.588. The summed E-state index contributed by atoms with van der Waals surface area (Å²) in [5.41, 5.74) is 1.15. The largest absolute Gasteiger partial charge is 0.480 e. The SMILES string of the molecule is O=C(O)C1CCC2CCCCC2N1Cc1ccc(Cl)cc1. The molecule has 1 heterocycles. The third-order valence-electron chi connectivity index (χ3n) is 5.07. The van der Waals surface area contributed by atoms with Gasteiger partial charge in [0.25, 0.3) is 0 Å². The Balaban J connectivity index is 1.81. The summed E-state index contributed by atoms with van der Waals surface area (Å²) >= 11 is 5.94. The van der Waals surface area contributed by atoms with Crippen molar-refractivity contribution in [1.29, 1.82) is 0 Å². The number of rotatable bonds is 3. The van der Waals surface area contributed by atoms with Gasteiger partial charge in [-0.25, -0.2) is 0 Å². The Kier molecular flexibility index (Phi) is 4.51. The number of carboxylic acid groups (broad SMARTS) is 1. The van der Waals surface area contributed by atoms with Gasteiger partial charge in [-0.15, -0.1) is 0 Å². The zero-order valence-corrected chi connectivity index (χ0v) is 12.9. The first-order chi connectivity index (χ1) is 10.1. The Labute approximate surface area is 130 Å². The number of hydrogen-bond acceptors (Lipinski definition) is 2. The third-order valence-corrected chi connectivity index (χ3v) is 5.32. The van der Waals surface area contributed by atoms with Crippen LogP contribution >= 0.6 is 11.6 Å². The standard InChI is InChI=1S/C17H22ClNO2/c18-14-8-5-12(6-9-14)11-19-15-4-2-1-3-13(15)7-10-16(19)17(20)21/h5-6,8-9,13,15-16H,1-4,7,10-11H2,(H,20,21). The number of carboxylic acids is 1. The highest BCUT2D eigenvalue weighted by atomic mass is 35.5. The summed E-state index contributed by atoms with van der Waals surface area (Å²) in [7, 11) is 0. The van der Waals surface area contributed by atoms with E-state index in [-0.39, 0.29) is 6.04 Å². The van der Waals surface area contributed by atoms with E-state index in [4.69, 9.17) is 11.6 Å². The molecule has 21 heavy (non-hydrogen) atoms. The van der Waals surface area contributed by atoms with Gasteiger partial charge in [-0.05, 0) is 49.3 Å². The van der Waals surface area contributed by atoms with Crippen LogP contribution < -0.4 is 0 Å². The minimum Gasteiger partial charge on any atom is -0.480 e. The van der Waals surface area contributed by atoms with Crippen LogP contribution in [-0.4, -0.2) is 28.1 Å². The molecular weight excluding hydrogens is 286 g/mol. The first-order valence-corrected chi connectivity index (χ1v) is 8.26. The number of nitrogens with zero attached hydrogens (tertiary/aromatic N) is 1. The van der Waals surface area contributed by atoms with Gasteiger partial charge in [0.2, 0.25) is 0 Å². The van der Waals surface area contributed by atoms with Crippen molar-refractivity contribution in [1.82, 2.24) is 4.90 Å². The highest BCUT2D eigenvalue weighted by Gasteiger charge is 2.41. The molecule has 3 unspecified atom stereocenters. The molecule has 2 aliphatic rings. The van der Waals surface area contributed by atoms with Crippen molar-refractivity contribution >= 4 is 17.6 Å². The predicted molar refractivity (Wildman–Crippen MR) is 83.4 cm³/mol. The summed E-state index contributed by atoms with van der Waals surface area (Å²) < 4.78 is 0. The molecule has 1 aromatic carbocycles. The van der Waals surface area contributed by atoms with Crippen LogP contribution in [0.5, 0.6) is 0 Å². The Morgan fingerprint density at radius 2 is 1.86 bits per heavy atom. The zero-order valence-electron chi connectivity index (χ0n) is 12.2. The average Bonchev–Trinajstić information content (AvgIpc) is 2.49. The van der Waals surface area contributed by atoms with Gasteiger partial charge in [-0.3, -0.25) is 9.69 Å². The summed E-state index contributed by atoms with van der Waals surface area (Å²) in [5, 5.41) is 10.3. The quantitative estimate of drug-likeness (QED) is 0.919. The number of likely N-dealkylation sites (tertiary alicyclic amines) is 1. The number of piperidine rings is 1. The smallest absolute Gasteiger partial charge is 0.320 e. The Morgan fingerprint density at radius 3 is 2.57 bits per heavy atom. The lowest BCUT2D eigenvalue weighted by Crippen LogP contribution is -2.54. The van der Waals surface area contributed by atoms with E-state index in [9.17, 15) is 9.90 Å². The van der Waals surface area contributed by atoms with Gasteiger partial charge in [-0.2, -0.15) is 0 Å². The maximum atomic E-state index is 11.6. The monoisotopic (exact) mass is 307 g/mol. The van der Waals surface area contributed by atoms with Crippen LogP contribution in [0.2, 0.25) is 5.02 Å². The van der Waals surface area contributed by atoms with Gasteiger partial charge in [0, 0.05) is 17.6 Å². The Hall–Kier alpha value is -1.06. The fourth-order valence-corrected chi connectivity index (χ4v) is 4.15. The first kappa shape index (κ1) is 14.9. The maximum Gasteiger partial charge on any atom is 0.320 e. The molecule has 4 heteroatoms. The molecule has 1 saturated carbocycles. The van der Waals surface area contributed by atoms with Crippen LogP contribution in [0.25, 0.3) is 0 Å². The van der Waals surface area contributed by atoms with E-state index in [0.717, 1.165) is 36.4 Å². The van der Waals surface area contributed by atoms with E-state index in [1.807, 2.05) is 24.3 Å². The molecule has 3 atom stereocenters. The Morgan fingerprint density at radius 1 is 1.14 bits per heavy atom. The van der Waals surface area contributed by atoms with E-state index in [0.29, 0.717) is 12.0 Å². The fourth-order valence-electron chi connectivity index (χ4n) is 4.02. The number of halogens is 1. The van der Waals surface area contributed by atoms with Crippen molar-refractivity contribution in [2.24, 2.45) is 5.92 Å². The van der Waals surface area contributed by atoms with E-state index < -0.39 is 5.97 Å². The molecule has 1 aromatic rings. The summed E-state index contributed by atoms with van der Waals surface area (Å²) in [6, 6.07) is 7.88. The van der Waals surface area contributed by atoms with Gasteiger partial charge in [0.1, 0.15) is 6.04 Å². The van der Waals surface area contributed by atoms with Gasteiger partial charge in [-0.1, -0.05) is 36.6 Å². The first-order valence-electron chi connectivity index (χ1n) is 7.88. The van der Waals surface area contributed by atoms with Crippen LogP contribution in [0.15, 0.2) is 24.3 Å². The molecule has 1 aliphatic heterocycles. The van der Waals surface area contributed by atoms with E-state index >= 15 is 0 Å². The summed E-state index contributed by atoms with van der Waals surface area (Å²) in [4.78, 5) is 13.9. The van der Waals surface area contributed by atoms with Gasteiger partial charge in [0.05, 0.1) is 0 Å². The minimum atomic E-state index is -0.673. The van der Waals surface area contributed by atoms with Crippen molar-refractivity contribution in [2.75, 3.05) is 0 Å². The molecule has 3 nitrogen and oxygen atoms in total. The molecule has 1 saturated heterocycles. The molecule has 0 spiro atoms. The average molecular weight is 308 g/mol. The number of benzene rings is 1. The lowest BCUT2D eigenvalue weighted by Gasteiger charge is -2.47. The topological polar surface area (TPSA) is 40.5 Å². The summed E-state index contributed by atoms with van der Waals surface area (Å²) in [6.07, 6.45) is 6.78. The second-order valence-electron chi connectivity index (χ2n) is 6.34. The van der Waals surface area contributed by atoms with Crippen molar-refractivity contribution in [3.05, 3.63) is 34.9 Å². The third kappa shape index (κ3) is 3.24. The predicted octanol–water partition coefficient (Wildman–Crippen LogP) is 3.95. The molecule has 0 radical (unpaired) electrons. The zero-order chi connectivity index (χ0) is 14.8. The molecular formula is C17H22ClNO2. The van der Waals surface area contributed by atoms with E-state index in [1.165, 1.54) is 19.3 Å². The number of fused-ring (bicyclic) bond motifs is 1. The lowest BCUT2D eigenvalue weighted by molar-refractivity contribution is -0.148. The molecule has 1 aliphatic carbocycles. The summed E-state index contributed by atoms with van der Waals surface area (Å²) in [6.45, 7) is 0.718. The van der Waals surface area contributed by atoms with Crippen LogP contribution in [0, 0.1) is 5.92 Å². The van der Waals surface area contributed by atoms with Crippen LogP contribution in [0.1, 0.15) is 44.1 Å². The number of aliphatic carboxylic acids is 1. The molecule has 1 N–H and O–H groups in total.